The minimum Gasteiger partial charge on any atom is -0.344 e. The van der Waals surface area contributed by atoms with Crippen molar-refractivity contribution in [2.45, 2.75) is 64.7 Å². The van der Waals surface area contributed by atoms with Crippen LogP contribution in [0.4, 0.5) is 0 Å². The summed E-state index contributed by atoms with van der Waals surface area (Å²) in [6, 6.07) is 17.1. The molecule has 0 unspecified atom stereocenters. The first-order valence-electron chi connectivity index (χ1n) is 16.0. The molecule has 0 radical (unpaired) electrons. The van der Waals surface area contributed by atoms with Crippen molar-refractivity contribution in [1.29, 1.82) is 0 Å². The minimum absolute atomic E-state index is 0.00467. The van der Waals surface area contributed by atoms with Gasteiger partial charge in [-0.05, 0) is 48.3 Å². The molecule has 240 valence electrons. The number of benzene rings is 2. The van der Waals surface area contributed by atoms with Gasteiger partial charge >= 0.3 is 0 Å². The quantitative estimate of drug-likeness (QED) is 0.409. The Kier molecular flexibility index (Phi) is 11.3. The van der Waals surface area contributed by atoms with Gasteiger partial charge in [0.25, 0.3) is 0 Å². The summed E-state index contributed by atoms with van der Waals surface area (Å²) in [4.78, 5) is 49.4. The van der Waals surface area contributed by atoms with E-state index in [1.54, 1.807) is 11.8 Å². The maximum Gasteiger partial charge on any atom is 0.243 e. The normalized spacial score (nSPS) is 20.1. The standard InChI is InChI=1S/C34H45N7O3S/c1-24(2)31-33-37-32(26-11-5-4-6-12-26)38-41(33)20-19-40(17-9-14-29(42)35-28(16-21-45-3)34(44)36-31)30(43)23-39-18-15-25-10-7-8-13-27(25)22-39/h4-8,10-13,24,28,31H,9,14-23H2,1-3H3,(H,35,42)(H,36,44)/t28-,31+/m0/s1. The number of hydrogen-bond donors (Lipinski definition) is 2. The summed E-state index contributed by atoms with van der Waals surface area (Å²) in [5, 5.41) is 11.1. The number of rotatable bonds is 7. The second-order valence-corrected chi connectivity index (χ2v) is 13.2. The van der Waals surface area contributed by atoms with E-state index in [2.05, 4.69) is 33.7 Å². The van der Waals surface area contributed by atoms with Crippen molar-refractivity contribution in [3.8, 4) is 11.4 Å². The Morgan fingerprint density at radius 2 is 1.71 bits per heavy atom. The van der Waals surface area contributed by atoms with E-state index in [9.17, 15) is 14.4 Å². The molecule has 11 heteroatoms. The van der Waals surface area contributed by atoms with Gasteiger partial charge in [0.2, 0.25) is 17.7 Å². The summed E-state index contributed by atoms with van der Waals surface area (Å²) < 4.78 is 1.85. The zero-order valence-electron chi connectivity index (χ0n) is 26.6. The molecular formula is C34H45N7O3S. The maximum atomic E-state index is 13.8. The molecule has 0 fully saturated rings. The van der Waals surface area contributed by atoms with E-state index in [4.69, 9.17) is 10.1 Å². The predicted octanol–water partition coefficient (Wildman–Crippen LogP) is 3.68. The first-order valence-corrected chi connectivity index (χ1v) is 17.4. The Morgan fingerprint density at radius 1 is 0.956 bits per heavy atom. The van der Waals surface area contributed by atoms with Crippen LogP contribution in [-0.2, 0) is 33.9 Å². The number of nitrogens with zero attached hydrogens (tertiary/aromatic N) is 5. The van der Waals surface area contributed by atoms with Crippen molar-refractivity contribution in [2.75, 3.05) is 38.2 Å². The summed E-state index contributed by atoms with van der Waals surface area (Å²) in [5.74, 6) is 1.61. The van der Waals surface area contributed by atoms with Crippen molar-refractivity contribution in [1.82, 2.24) is 35.2 Å². The molecule has 3 aromatic rings. The van der Waals surface area contributed by atoms with Gasteiger partial charge in [-0.3, -0.25) is 19.3 Å². The number of nitrogens with one attached hydrogen (secondary N) is 2. The smallest absolute Gasteiger partial charge is 0.243 e. The minimum atomic E-state index is -0.654. The summed E-state index contributed by atoms with van der Waals surface area (Å²) in [6.45, 7) is 7.27. The van der Waals surface area contributed by atoms with Gasteiger partial charge in [-0.2, -0.15) is 16.9 Å². The second kappa shape index (κ2) is 15.5. The maximum absolute atomic E-state index is 13.8. The lowest BCUT2D eigenvalue weighted by Crippen LogP contribution is -2.49. The topological polar surface area (TPSA) is 112 Å². The number of amides is 3. The molecule has 5 rings (SSSR count). The largest absolute Gasteiger partial charge is 0.344 e. The van der Waals surface area contributed by atoms with Crippen LogP contribution < -0.4 is 10.6 Å². The number of carbonyl (C=O) groups is 3. The fraction of sp³-hybridized carbons (Fsp3) is 0.500. The van der Waals surface area contributed by atoms with E-state index in [1.807, 2.05) is 66.1 Å². The van der Waals surface area contributed by atoms with Gasteiger partial charge in [-0.25, -0.2) is 9.67 Å². The van der Waals surface area contributed by atoms with Crippen molar-refractivity contribution in [3.63, 3.8) is 0 Å². The van der Waals surface area contributed by atoms with Gasteiger partial charge in [0.05, 0.1) is 19.1 Å². The number of hydrogen-bond acceptors (Lipinski definition) is 7. The number of carbonyl (C=O) groups excluding carboxylic acids is 3. The molecule has 0 saturated carbocycles. The Labute approximate surface area is 270 Å². The van der Waals surface area contributed by atoms with Crippen LogP contribution >= 0.6 is 11.8 Å². The average molecular weight is 632 g/mol. The molecule has 2 atom stereocenters. The van der Waals surface area contributed by atoms with E-state index in [1.165, 1.54) is 11.1 Å². The second-order valence-electron chi connectivity index (χ2n) is 12.2. The fourth-order valence-electron chi connectivity index (χ4n) is 6.00. The zero-order valence-corrected chi connectivity index (χ0v) is 27.4. The molecule has 2 aliphatic heterocycles. The van der Waals surface area contributed by atoms with E-state index in [-0.39, 0.29) is 30.1 Å². The molecule has 0 bridgehead atoms. The predicted molar refractivity (Wildman–Crippen MR) is 177 cm³/mol. The first-order chi connectivity index (χ1) is 21.8. The van der Waals surface area contributed by atoms with Gasteiger partial charge in [0.15, 0.2) is 11.6 Å². The first kappa shape index (κ1) is 32.7. The highest BCUT2D eigenvalue weighted by molar-refractivity contribution is 7.98. The van der Waals surface area contributed by atoms with Crippen LogP contribution in [0.25, 0.3) is 11.4 Å². The lowest BCUT2D eigenvalue weighted by Gasteiger charge is -2.31. The Bertz CT molecular complexity index is 1460. The lowest BCUT2D eigenvalue weighted by atomic mass is 10.00. The van der Waals surface area contributed by atoms with Crippen LogP contribution in [0.1, 0.15) is 56.1 Å². The third kappa shape index (κ3) is 8.52. The van der Waals surface area contributed by atoms with Crippen molar-refractivity contribution < 1.29 is 14.4 Å². The third-order valence-corrected chi connectivity index (χ3v) is 9.22. The number of aromatic nitrogens is 3. The highest BCUT2D eigenvalue weighted by Crippen LogP contribution is 2.25. The van der Waals surface area contributed by atoms with Gasteiger partial charge in [-0.15, -0.1) is 0 Å². The molecule has 3 heterocycles. The zero-order chi connectivity index (χ0) is 31.8. The molecule has 10 nitrogen and oxygen atoms in total. The molecular weight excluding hydrogens is 586 g/mol. The van der Waals surface area contributed by atoms with Crippen molar-refractivity contribution in [2.24, 2.45) is 5.92 Å². The molecule has 2 N–H and O–H groups in total. The highest BCUT2D eigenvalue weighted by atomic mass is 32.2. The van der Waals surface area contributed by atoms with Crippen LogP contribution in [0.5, 0.6) is 0 Å². The van der Waals surface area contributed by atoms with Crippen LogP contribution in [-0.4, -0.2) is 86.5 Å². The molecule has 0 saturated heterocycles. The van der Waals surface area contributed by atoms with Crippen LogP contribution in [0.15, 0.2) is 54.6 Å². The van der Waals surface area contributed by atoms with Crippen LogP contribution in [0, 0.1) is 5.92 Å². The van der Waals surface area contributed by atoms with Crippen molar-refractivity contribution in [3.05, 3.63) is 71.5 Å². The Balaban J connectivity index is 1.43. The summed E-state index contributed by atoms with van der Waals surface area (Å²) in [7, 11) is 0. The van der Waals surface area contributed by atoms with Crippen LogP contribution in [0.2, 0.25) is 0 Å². The molecule has 3 amide bonds. The molecule has 0 aliphatic carbocycles. The summed E-state index contributed by atoms with van der Waals surface area (Å²) in [5.41, 5.74) is 3.50. The number of thioether (sulfide) groups is 1. The molecule has 1 aromatic heterocycles. The highest BCUT2D eigenvalue weighted by Gasteiger charge is 2.30. The monoisotopic (exact) mass is 631 g/mol. The molecule has 0 spiro atoms. The van der Waals surface area contributed by atoms with E-state index < -0.39 is 12.1 Å². The van der Waals surface area contributed by atoms with Gasteiger partial charge in [0.1, 0.15) is 6.04 Å². The van der Waals surface area contributed by atoms with Crippen molar-refractivity contribution >= 4 is 29.5 Å². The molecule has 2 aliphatic rings. The van der Waals surface area contributed by atoms with E-state index in [0.717, 1.165) is 30.8 Å². The summed E-state index contributed by atoms with van der Waals surface area (Å²) in [6.07, 6.45) is 4.18. The molecule has 45 heavy (non-hydrogen) atoms. The Morgan fingerprint density at radius 3 is 2.47 bits per heavy atom. The van der Waals surface area contributed by atoms with E-state index >= 15 is 0 Å². The van der Waals surface area contributed by atoms with Gasteiger partial charge < -0.3 is 15.5 Å². The van der Waals surface area contributed by atoms with Crippen LogP contribution in [0.3, 0.4) is 0 Å². The fourth-order valence-corrected chi connectivity index (χ4v) is 6.47. The van der Waals surface area contributed by atoms with Gasteiger partial charge in [-0.1, -0.05) is 68.4 Å². The lowest BCUT2D eigenvalue weighted by molar-refractivity contribution is -0.133. The number of fused-ring (bicyclic) bond motifs is 2. The SMILES string of the molecule is CSCC[C@@H]1NC(=O)CCCN(C(=O)CN2CCc3ccccc3C2)CCn2nc(-c3ccccc3)nc2[C@@H](C(C)C)NC1=O. The van der Waals surface area contributed by atoms with Gasteiger partial charge in [0, 0.05) is 38.2 Å². The molecule has 2 aromatic carbocycles. The average Bonchev–Trinajstić information content (AvgIpc) is 3.46. The Hall–Kier alpha value is -3.70. The summed E-state index contributed by atoms with van der Waals surface area (Å²) >= 11 is 1.64. The van der Waals surface area contributed by atoms with E-state index in [0.29, 0.717) is 50.7 Å². The third-order valence-electron chi connectivity index (χ3n) is 8.57.